The third-order valence-electron chi connectivity index (χ3n) is 4.01. The molecule has 0 heterocycles. The molecule has 0 radical (unpaired) electrons. The highest BCUT2D eigenvalue weighted by Crippen LogP contribution is 2.25. The van der Waals surface area contributed by atoms with Crippen molar-refractivity contribution < 1.29 is 18.3 Å². The molecular formula is C14H28N2O4S. The molecular weight excluding hydrogens is 292 g/mol. The summed E-state index contributed by atoms with van der Waals surface area (Å²) in [5.74, 6) is -0.191. The summed E-state index contributed by atoms with van der Waals surface area (Å²) in [6, 6.07) is -0.292. The number of unbranched alkanes of at least 4 members (excludes halogenated alkanes) is 1. The maximum Gasteiger partial charge on any atom is 0.235 e. The van der Waals surface area contributed by atoms with Gasteiger partial charge >= 0.3 is 0 Å². The lowest BCUT2D eigenvalue weighted by Gasteiger charge is -2.14. The minimum atomic E-state index is -3.50. The molecule has 0 aliphatic heterocycles. The van der Waals surface area contributed by atoms with Gasteiger partial charge in [-0.3, -0.25) is 9.52 Å². The van der Waals surface area contributed by atoms with Gasteiger partial charge in [0.2, 0.25) is 15.9 Å². The number of nitrogens with two attached hydrogens (primary N) is 1. The molecule has 1 fully saturated rings. The van der Waals surface area contributed by atoms with Gasteiger partial charge in [0.25, 0.3) is 0 Å². The molecule has 4 N–H and O–H groups in total. The third-order valence-corrected chi connectivity index (χ3v) is 5.46. The molecule has 6 nitrogen and oxygen atoms in total. The van der Waals surface area contributed by atoms with Crippen molar-refractivity contribution in [2.45, 2.75) is 70.4 Å². The molecule has 0 saturated heterocycles. The molecule has 0 aromatic heterocycles. The lowest BCUT2D eigenvalue weighted by atomic mass is 10.1. The summed E-state index contributed by atoms with van der Waals surface area (Å²) in [6.07, 6.45) is 5.54. The standard InChI is InChI=1S/C14H28N2O4S/c1-11(17)13(15)8-4-5-9-14(18)16-21(19,20)10-12-6-2-3-7-12/h11-13,17H,2-10,15H2,1H3,(H,16,18). The van der Waals surface area contributed by atoms with Crippen molar-refractivity contribution in [1.29, 1.82) is 0 Å². The second kappa shape index (κ2) is 8.70. The first kappa shape index (κ1) is 18.4. The van der Waals surface area contributed by atoms with E-state index in [4.69, 9.17) is 5.73 Å². The van der Waals surface area contributed by atoms with Crippen LogP contribution in [0.4, 0.5) is 0 Å². The highest BCUT2D eigenvalue weighted by molar-refractivity contribution is 7.90. The number of amides is 1. The van der Waals surface area contributed by atoms with Crippen LogP contribution in [-0.4, -0.2) is 37.3 Å². The fourth-order valence-electron chi connectivity index (χ4n) is 2.66. The fraction of sp³-hybridized carbons (Fsp3) is 0.929. The molecule has 2 atom stereocenters. The molecule has 1 rings (SSSR count). The monoisotopic (exact) mass is 320 g/mol. The van der Waals surface area contributed by atoms with E-state index in [9.17, 15) is 18.3 Å². The second-order valence-electron chi connectivity index (χ2n) is 6.11. The number of sulfonamides is 1. The van der Waals surface area contributed by atoms with Gasteiger partial charge in [-0.05, 0) is 38.5 Å². The predicted octanol–water partition coefficient (Wildman–Crippen LogP) is 0.891. The minimum absolute atomic E-state index is 0.0612. The molecule has 0 bridgehead atoms. The fourth-order valence-corrected chi connectivity index (χ4v) is 4.15. The van der Waals surface area contributed by atoms with E-state index in [1.165, 1.54) is 0 Å². The Morgan fingerprint density at radius 3 is 2.52 bits per heavy atom. The molecule has 21 heavy (non-hydrogen) atoms. The zero-order chi connectivity index (χ0) is 15.9. The van der Waals surface area contributed by atoms with Crippen LogP contribution in [0.15, 0.2) is 0 Å². The van der Waals surface area contributed by atoms with E-state index in [0.29, 0.717) is 19.3 Å². The van der Waals surface area contributed by atoms with Crippen molar-refractivity contribution in [1.82, 2.24) is 4.72 Å². The number of rotatable bonds is 9. The van der Waals surface area contributed by atoms with E-state index in [1.807, 2.05) is 0 Å². The average Bonchev–Trinajstić information content (AvgIpc) is 2.85. The Balaban J connectivity index is 2.20. The van der Waals surface area contributed by atoms with Crippen LogP contribution in [0, 0.1) is 5.92 Å². The SMILES string of the molecule is CC(O)C(N)CCCCC(=O)NS(=O)(=O)CC1CCCC1. The first-order valence-electron chi connectivity index (χ1n) is 7.77. The molecule has 1 aliphatic carbocycles. The van der Waals surface area contributed by atoms with Gasteiger partial charge < -0.3 is 10.8 Å². The zero-order valence-electron chi connectivity index (χ0n) is 12.8. The Morgan fingerprint density at radius 2 is 1.95 bits per heavy atom. The molecule has 124 valence electrons. The zero-order valence-corrected chi connectivity index (χ0v) is 13.6. The van der Waals surface area contributed by atoms with Crippen molar-refractivity contribution in [3.05, 3.63) is 0 Å². The summed E-state index contributed by atoms with van der Waals surface area (Å²) < 4.78 is 25.8. The van der Waals surface area contributed by atoms with Crippen molar-refractivity contribution in [2.75, 3.05) is 5.75 Å². The summed E-state index contributed by atoms with van der Waals surface area (Å²) in [6.45, 7) is 1.63. The molecule has 0 aromatic carbocycles. The minimum Gasteiger partial charge on any atom is -0.392 e. The second-order valence-corrected chi connectivity index (χ2v) is 7.87. The number of carbonyl (C=O) groups is 1. The van der Waals surface area contributed by atoms with E-state index >= 15 is 0 Å². The number of hydrogen-bond acceptors (Lipinski definition) is 5. The normalized spacial score (nSPS) is 19.4. The number of nitrogens with one attached hydrogen (secondary N) is 1. The van der Waals surface area contributed by atoms with Gasteiger partial charge in [-0.25, -0.2) is 8.42 Å². The summed E-state index contributed by atoms with van der Waals surface area (Å²) >= 11 is 0. The van der Waals surface area contributed by atoms with Gasteiger partial charge in [0.05, 0.1) is 11.9 Å². The Morgan fingerprint density at radius 1 is 1.33 bits per heavy atom. The van der Waals surface area contributed by atoms with Crippen LogP contribution < -0.4 is 10.5 Å². The summed E-state index contributed by atoms with van der Waals surface area (Å²) in [4.78, 5) is 11.6. The average molecular weight is 320 g/mol. The van der Waals surface area contributed by atoms with E-state index in [2.05, 4.69) is 4.72 Å². The van der Waals surface area contributed by atoms with Crippen LogP contribution in [0.5, 0.6) is 0 Å². The smallest absolute Gasteiger partial charge is 0.235 e. The van der Waals surface area contributed by atoms with Crippen molar-refractivity contribution in [2.24, 2.45) is 11.7 Å². The van der Waals surface area contributed by atoms with Crippen molar-refractivity contribution >= 4 is 15.9 Å². The number of carbonyl (C=O) groups excluding carboxylic acids is 1. The Kier molecular flexibility index (Phi) is 7.62. The molecule has 0 spiro atoms. The van der Waals surface area contributed by atoms with E-state index in [-0.39, 0.29) is 24.1 Å². The van der Waals surface area contributed by atoms with Gasteiger partial charge in [-0.1, -0.05) is 19.3 Å². The van der Waals surface area contributed by atoms with Crippen molar-refractivity contribution in [3.8, 4) is 0 Å². The number of aliphatic hydroxyl groups excluding tert-OH is 1. The molecule has 1 aliphatic rings. The lowest BCUT2D eigenvalue weighted by Crippen LogP contribution is -2.34. The van der Waals surface area contributed by atoms with E-state index in [1.54, 1.807) is 6.92 Å². The maximum atomic E-state index is 11.8. The van der Waals surface area contributed by atoms with Crippen LogP contribution in [0.25, 0.3) is 0 Å². The first-order chi connectivity index (χ1) is 9.80. The van der Waals surface area contributed by atoms with Gasteiger partial charge in [0, 0.05) is 12.5 Å². The predicted molar refractivity (Wildman–Crippen MR) is 82.0 cm³/mol. The number of hydrogen-bond donors (Lipinski definition) is 3. The molecule has 1 amide bonds. The van der Waals surface area contributed by atoms with Gasteiger partial charge in [-0.2, -0.15) is 0 Å². The van der Waals surface area contributed by atoms with Gasteiger partial charge in [-0.15, -0.1) is 0 Å². The van der Waals surface area contributed by atoms with E-state index in [0.717, 1.165) is 25.7 Å². The first-order valence-corrected chi connectivity index (χ1v) is 9.42. The van der Waals surface area contributed by atoms with Crippen LogP contribution in [-0.2, 0) is 14.8 Å². The summed E-state index contributed by atoms with van der Waals surface area (Å²) in [5.41, 5.74) is 5.68. The molecule has 0 aromatic rings. The van der Waals surface area contributed by atoms with Crippen LogP contribution in [0.2, 0.25) is 0 Å². The van der Waals surface area contributed by atoms with Crippen LogP contribution >= 0.6 is 0 Å². The highest BCUT2D eigenvalue weighted by atomic mass is 32.2. The van der Waals surface area contributed by atoms with E-state index < -0.39 is 22.0 Å². The Bertz CT molecular complexity index is 417. The molecule has 2 unspecified atom stereocenters. The largest absolute Gasteiger partial charge is 0.392 e. The third kappa shape index (κ3) is 7.78. The topological polar surface area (TPSA) is 109 Å². The molecule has 1 saturated carbocycles. The summed E-state index contributed by atoms with van der Waals surface area (Å²) in [5, 5.41) is 9.23. The van der Waals surface area contributed by atoms with Crippen LogP contribution in [0.1, 0.15) is 58.3 Å². The van der Waals surface area contributed by atoms with Crippen LogP contribution in [0.3, 0.4) is 0 Å². The van der Waals surface area contributed by atoms with Gasteiger partial charge in [0.1, 0.15) is 0 Å². The van der Waals surface area contributed by atoms with Crippen molar-refractivity contribution in [3.63, 3.8) is 0 Å². The highest BCUT2D eigenvalue weighted by Gasteiger charge is 2.23. The lowest BCUT2D eigenvalue weighted by molar-refractivity contribution is -0.119. The Hall–Kier alpha value is -0.660. The Labute approximate surface area is 127 Å². The number of aliphatic hydroxyl groups is 1. The maximum absolute atomic E-state index is 11.8. The quantitative estimate of drug-likeness (QED) is 0.547. The summed E-state index contributed by atoms with van der Waals surface area (Å²) in [7, 11) is -3.50. The molecule has 7 heteroatoms. The van der Waals surface area contributed by atoms with Gasteiger partial charge in [0.15, 0.2) is 0 Å².